The van der Waals surface area contributed by atoms with Crippen LogP contribution in [0.5, 0.6) is 0 Å². The van der Waals surface area contributed by atoms with E-state index in [2.05, 4.69) is 130 Å². The fraction of sp³-hybridized carbons (Fsp3) is 0.356. The number of piperidine rings is 1. The van der Waals surface area contributed by atoms with Crippen LogP contribution in [0.3, 0.4) is 0 Å². The minimum absolute atomic E-state index is 0.522. The lowest BCUT2D eigenvalue weighted by Gasteiger charge is -2.40. The van der Waals surface area contributed by atoms with E-state index in [9.17, 15) is 0 Å². The van der Waals surface area contributed by atoms with Crippen molar-refractivity contribution in [1.82, 2.24) is 9.88 Å². The van der Waals surface area contributed by atoms with Gasteiger partial charge in [-0.05, 0) is 177 Å². The molecule has 7 rings (SSSR count). The lowest BCUT2D eigenvalue weighted by Crippen LogP contribution is -2.44. The van der Waals surface area contributed by atoms with E-state index >= 15 is 0 Å². The molecular weight excluding hydrogens is 583 g/mol. The van der Waals surface area contributed by atoms with Crippen molar-refractivity contribution in [3.8, 4) is 22.4 Å². The number of hydrogen-bond donors (Lipinski definition) is 0. The topological polar surface area (TPSA) is 19.4 Å². The summed E-state index contributed by atoms with van der Waals surface area (Å²) >= 11 is 0. The number of aromatic nitrogens is 1. The number of rotatable bonds is 8. The number of hydrogen-bond acceptors (Lipinski definition) is 3. The SMILES string of the molecule is Cc1cc(-c2ccc(CN(c3ccc4c(c3)CCC4)C3CCN(Cc4ccnc(-c5cc(C)c(C)c(C)c5)c4)CC3)cc2)cc(C)c1C. The average Bonchev–Trinajstić information content (AvgIpc) is 3.57. The third-order valence-corrected chi connectivity index (χ3v) is 11.4. The van der Waals surface area contributed by atoms with Crippen molar-refractivity contribution in [3.63, 3.8) is 0 Å². The molecule has 3 nitrogen and oxygen atoms in total. The Morgan fingerprint density at radius 2 is 1.25 bits per heavy atom. The van der Waals surface area contributed by atoms with Crippen molar-refractivity contribution < 1.29 is 0 Å². The van der Waals surface area contributed by atoms with Gasteiger partial charge in [0.05, 0.1) is 5.69 Å². The highest BCUT2D eigenvalue weighted by Crippen LogP contribution is 2.33. The third-order valence-electron chi connectivity index (χ3n) is 11.4. The fourth-order valence-corrected chi connectivity index (χ4v) is 7.93. The maximum Gasteiger partial charge on any atom is 0.0705 e. The molecule has 4 aromatic carbocycles. The van der Waals surface area contributed by atoms with Gasteiger partial charge in [0, 0.05) is 49.7 Å². The Hall–Kier alpha value is -4.21. The second kappa shape index (κ2) is 13.7. The Bertz CT molecular complexity index is 1880. The molecule has 0 saturated carbocycles. The van der Waals surface area contributed by atoms with Gasteiger partial charge in [-0.15, -0.1) is 0 Å². The van der Waals surface area contributed by atoms with Gasteiger partial charge in [0.25, 0.3) is 0 Å². The molecule has 0 N–H and O–H groups in total. The first-order chi connectivity index (χ1) is 23.2. The first kappa shape index (κ1) is 32.3. The number of nitrogens with zero attached hydrogens (tertiary/aromatic N) is 3. The molecule has 1 aliphatic carbocycles. The van der Waals surface area contributed by atoms with E-state index in [0.29, 0.717) is 6.04 Å². The highest BCUT2D eigenvalue weighted by Gasteiger charge is 2.26. The average molecular weight is 634 g/mol. The Morgan fingerprint density at radius 1 is 0.625 bits per heavy atom. The minimum atomic E-state index is 0.522. The molecule has 0 spiro atoms. The molecule has 5 aromatic rings. The zero-order chi connectivity index (χ0) is 33.4. The summed E-state index contributed by atoms with van der Waals surface area (Å²) in [5.74, 6) is 0. The standard InChI is InChI=1S/C45H51N3/c1-30-22-41(23-31(2)34(30)5)39-12-10-36(11-13-39)29-48(44-15-14-38-8-7-9-40(38)27-44)43-17-20-47(21-18-43)28-37-16-19-46-45(26-37)42-24-32(3)35(6)33(4)25-42/h10-16,19,22-27,43H,7-9,17-18,20-21,28-29H2,1-6H3. The summed E-state index contributed by atoms with van der Waals surface area (Å²) in [7, 11) is 0. The van der Waals surface area contributed by atoms with Crippen molar-refractivity contribution in [2.75, 3.05) is 18.0 Å². The van der Waals surface area contributed by atoms with E-state index in [0.717, 1.165) is 31.9 Å². The molecule has 48 heavy (non-hydrogen) atoms. The Morgan fingerprint density at radius 3 is 1.92 bits per heavy atom. The maximum absolute atomic E-state index is 4.76. The molecule has 1 aromatic heterocycles. The normalized spacial score (nSPS) is 15.1. The van der Waals surface area contributed by atoms with E-state index in [-0.39, 0.29) is 0 Å². The molecule has 1 saturated heterocycles. The van der Waals surface area contributed by atoms with Crippen LogP contribution in [0.2, 0.25) is 0 Å². The van der Waals surface area contributed by atoms with Crippen molar-refractivity contribution in [1.29, 1.82) is 0 Å². The summed E-state index contributed by atoms with van der Waals surface area (Å²) in [4.78, 5) is 10.1. The molecule has 246 valence electrons. The van der Waals surface area contributed by atoms with Gasteiger partial charge in [-0.25, -0.2) is 0 Å². The highest BCUT2D eigenvalue weighted by molar-refractivity contribution is 5.67. The first-order valence-electron chi connectivity index (χ1n) is 18.0. The van der Waals surface area contributed by atoms with Crippen LogP contribution in [0.1, 0.15) is 74.9 Å². The van der Waals surface area contributed by atoms with Crippen LogP contribution in [-0.2, 0) is 25.9 Å². The van der Waals surface area contributed by atoms with Crippen LogP contribution in [0.15, 0.2) is 85.1 Å². The fourth-order valence-electron chi connectivity index (χ4n) is 7.93. The summed E-state index contributed by atoms with van der Waals surface area (Å²) < 4.78 is 0. The third kappa shape index (κ3) is 6.84. The summed E-state index contributed by atoms with van der Waals surface area (Å²) in [6.07, 6.45) is 8.07. The predicted molar refractivity (Wildman–Crippen MR) is 203 cm³/mol. The molecule has 0 atom stereocenters. The molecule has 2 heterocycles. The summed E-state index contributed by atoms with van der Waals surface area (Å²) in [5, 5.41) is 0. The monoisotopic (exact) mass is 633 g/mol. The number of pyridine rings is 1. The number of fused-ring (bicyclic) bond motifs is 1. The van der Waals surface area contributed by atoms with Crippen LogP contribution >= 0.6 is 0 Å². The summed E-state index contributed by atoms with van der Waals surface area (Å²) in [6, 6.07) is 30.9. The quantitative estimate of drug-likeness (QED) is 0.169. The van der Waals surface area contributed by atoms with Crippen molar-refractivity contribution >= 4 is 5.69 Å². The van der Waals surface area contributed by atoms with Crippen LogP contribution in [0, 0.1) is 41.5 Å². The van der Waals surface area contributed by atoms with Crippen LogP contribution in [0.4, 0.5) is 5.69 Å². The van der Waals surface area contributed by atoms with Crippen molar-refractivity contribution in [2.24, 2.45) is 0 Å². The van der Waals surface area contributed by atoms with Gasteiger partial charge >= 0.3 is 0 Å². The molecule has 0 radical (unpaired) electrons. The van der Waals surface area contributed by atoms with Gasteiger partial charge in [0.15, 0.2) is 0 Å². The van der Waals surface area contributed by atoms with Gasteiger partial charge < -0.3 is 4.90 Å². The lowest BCUT2D eigenvalue weighted by atomic mass is 9.95. The number of likely N-dealkylation sites (tertiary alicyclic amines) is 1. The number of aryl methyl sites for hydroxylation is 6. The summed E-state index contributed by atoms with van der Waals surface area (Å²) in [6.45, 7) is 17.4. The van der Waals surface area contributed by atoms with E-state index in [1.54, 1.807) is 11.1 Å². The van der Waals surface area contributed by atoms with Crippen molar-refractivity contribution in [2.45, 2.75) is 92.8 Å². The van der Waals surface area contributed by atoms with Gasteiger partial charge in [-0.2, -0.15) is 0 Å². The van der Waals surface area contributed by atoms with Crippen LogP contribution < -0.4 is 4.90 Å². The molecule has 1 fully saturated rings. The predicted octanol–water partition coefficient (Wildman–Crippen LogP) is 10.4. The largest absolute Gasteiger partial charge is 0.364 e. The second-order valence-corrected chi connectivity index (χ2v) is 14.7. The van der Waals surface area contributed by atoms with Crippen LogP contribution in [0.25, 0.3) is 22.4 Å². The zero-order valence-electron chi connectivity index (χ0n) is 29.9. The van der Waals surface area contributed by atoms with E-state index in [1.165, 1.54) is 99.0 Å². The smallest absolute Gasteiger partial charge is 0.0705 e. The maximum atomic E-state index is 4.76. The van der Waals surface area contributed by atoms with Gasteiger partial charge in [0.2, 0.25) is 0 Å². The van der Waals surface area contributed by atoms with E-state index < -0.39 is 0 Å². The van der Waals surface area contributed by atoms with E-state index in [1.807, 2.05) is 6.20 Å². The number of benzene rings is 4. The molecule has 0 unspecified atom stereocenters. The number of anilines is 1. The van der Waals surface area contributed by atoms with Gasteiger partial charge in [-0.1, -0.05) is 42.5 Å². The first-order valence-corrected chi connectivity index (χ1v) is 18.0. The zero-order valence-corrected chi connectivity index (χ0v) is 29.9. The minimum Gasteiger partial charge on any atom is -0.364 e. The Kier molecular flexibility index (Phi) is 9.25. The Balaban J connectivity index is 1.07. The van der Waals surface area contributed by atoms with Crippen molar-refractivity contribution in [3.05, 3.63) is 141 Å². The van der Waals surface area contributed by atoms with Gasteiger partial charge in [-0.3, -0.25) is 9.88 Å². The highest BCUT2D eigenvalue weighted by atomic mass is 15.2. The van der Waals surface area contributed by atoms with E-state index in [4.69, 9.17) is 4.98 Å². The summed E-state index contributed by atoms with van der Waals surface area (Å²) in [5.41, 5.74) is 20.3. The Labute approximate surface area is 288 Å². The molecule has 0 bridgehead atoms. The second-order valence-electron chi connectivity index (χ2n) is 14.7. The molecule has 0 amide bonds. The lowest BCUT2D eigenvalue weighted by molar-refractivity contribution is 0.201. The molecule has 3 heteroatoms. The molecule has 1 aliphatic heterocycles. The van der Waals surface area contributed by atoms with Gasteiger partial charge in [0.1, 0.15) is 0 Å². The molecular formula is C45H51N3. The van der Waals surface area contributed by atoms with Crippen LogP contribution in [-0.4, -0.2) is 29.0 Å². The molecule has 2 aliphatic rings.